The Morgan fingerprint density at radius 2 is 2.29 bits per heavy atom. The van der Waals surface area contributed by atoms with Crippen LogP contribution in [0.1, 0.15) is 10.9 Å². The van der Waals surface area contributed by atoms with Crippen molar-refractivity contribution in [3.05, 3.63) is 33.4 Å². The molecule has 0 spiro atoms. The zero-order valence-corrected chi connectivity index (χ0v) is 10.1. The van der Waals surface area contributed by atoms with Gasteiger partial charge in [-0.05, 0) is 40.3 Å². The summed E-state index contributed by atoms with van der Waals surface area (Å²) >= 11 is 3.44. The van der Waals surface area contributed by atoms with Gasteiger partial charge in [-0.2, -0.15) is 0 Å². The van der Waals surface area contributed by atoms with Crippen LogP contribution in [0.3, 0.4) is 0 Å². The highest BCUT2D eigenvalue weighted by atomic mass is 127. The molecule has 0 saturated carbocycles. The molecule has 3 nitrogen and oxygen atoms in total. The minimum absolute atomic E-state index is 0.118. The predicted molar refractivity (Wildman–Crippen MR) is 63.6 cm³/mol. The van der Waals surface area contributed by atoms with E-state index in [0.717, 1.165) is 9.13 Å². The zero-order chi connectivity index (χ0) is 10.1. The molecule has 0 radical (unpaired) electrons. The first-order valence-electron chi connectivity index (χ1n) is 4.06. The smallest absolute Gasteiger partial charge is 0.260 e. The monoisotopic (exact) mass is 321 g/mol. The fourth-order valence-corrected chi connectivity index (χ4v) is 2.76. The summed E-state index contributed by atoms with van der Waals surface area (Å²) in [5, 5.41) is 11.8. The Hall–Kier alpha value is -0.270. The highest BCUT2D eigenvalue weighted by Gasteiger charge is 2.31. The third kappa shape index (κ3) is 2.04. The predicted octanol–water partition coefficient (Wildman–Crippen LogP) is 1.47. The molecule has 1 saturated heterocycles. The molecule has 5 heteroatoms. The number of benzene rings is 1. The lowest BCUT2D eigenvalue weighted by Gasteiger charge is -2.08. The van der Waals surface area contributed by atoms with Crippen LogP contribution in [-0.4, -0.2) is 16.4 Å². The van der Waals surface area contributed by atoms with Crippen molar-refractivity contribution in [1.82, 2.24) is 5.32 Å². The van der Waals surface area contributed by atoms with Crippen LogP contribution in [0.15, 0.2) is 24.3 Å². The van der Waals surface area contributed by atoms with E-state index in [-0.39, 0.29) is 11.3 Å². The first kappa shape index (κ1) is 10.3. The van der Waals surface area contributed by atoms with Gasteiger partial charge in [-0.3, -0.25) is 4.79 Å². The molecule has 0 aliphatic carbocycles. The summed E-state index contributed by atoms with van der Waals surface area (Å²) in [5.41, 5.74) is 0.0877. The number of carbonyl (C=O) groups excluding carboxylic acids is 1. The lowest BCUT2D eigenvalue weighted by Crippen LogP contribution is -2.23. The van der Waals surface area contributed by atoms with Gasteiger partial charge in [-0.1, -0.05) is 23.9 Å². The van der Waals surface area contributed by atoms with Crippen LogP contribution in [0.2, 0.25) is 0 Å². The molecular formula is C9H8INO2S. The topological polar surface area (TPSA) is 49.3 Å². The summed E-state index contributed by atoms with van der Waals surface area (Å²) in [6.45, 7) is 0. The average molecular weight is 321 g/mol. The normalized spacial score (nSPS) is 26.3. The van der Waals surface area contributed by atoms with Gasteiger partial charge in [0.25, 0.3) is 5.91 Å². The lowest BCUT2D eigenvalue weighted by molar-refractivity contribution is -0.124. The minimum atomic E-state index is -0.933. The molecule has 2 unspecified atom stereocenters. The maximum Gasteiger partial charge on any atom is 0.260 e. The Balaban J connectivity index is 2.21. The van der Waals surface area contributed by atoms with Gasteiger partial charge in [0.15, 0.2) is 5.44 Å². The second-order valence-electron chi connectivity index (χ2n) is 2.93. The molecule has 74 valence electrons. The Bertz CT molecular complexity index is 372. The van der Waals surface area contributed by atoms with Crippen molar-refractivity contribution < 1.29 is 9.90 Å². The van der Waals surface area contributed by atoms with Crippen molar-refractivity contribution in [3.8, 4) is 0 Å². The summed E-state index contributed by atoms with van der Waals surface area (Å²) in [5.74, 6) is -0.307. The number of thioether (sulfide) groups is 1. The Labute approximate surface area is 99.4 Å². The molecule has 1 aromatic carbocycles. The average Bonchev–Trinajstić information content (AvgIpc) is 2.47. The second-order valence-corrected chi connectivity index (χ2v) is 5.37. The largest absolute Gasteiger partial charge is 0.373 e. The SMILES string of the molecule is O=C1NC(c2cccc(I)c2)SC1O. The van der Waals surface area contributed by atoms with Crippen LogP contribution in [0, 0.1) is 3.57 Å². The number of aliphatic hydroxyl groups is 1. The molecule has 1 heterocycles. The molecule has 2 N–H and O–H groups in total. The summed E-state index contributed by atoms with van der Waals surface area (Å²) in [7, 11) is 0. The van der Waals surface area contributed by atoms with Gasteiger partial charge >= 0.3 is 0 Å². The van der Waals surface area contributed by atoms with Crippen molar-refractivity contribution in [2.75, 3.05) is 0 Å². The van der Waals surface area contributed by atoms with Gasteiger partial charge in [-0.25, -0.2) is 0 Å². The number of carbonyl (C=O) groups is 1. The summed E-state index contributed by atoms with van der Waals surface area (Å²) in [6.07, 6.45) is 0. The van der Waals surface area contributed by atoms with Crippen molar-refractivity contribution in [2.24, 2.45) is 0 Å². The molecule has 1 aromatic rings. The standard InChI is InChI=1S/C9H8INO2S/c10-6-3-1-2-5(4-6)8-11-7(12)9(13)14-8/h1-4,8-9,13H,(H,11,12). The lowest BCUT2D eigenvalue weighted by atomic mass is 10.2. The number of hydrogen-bond donors (Lipinski definition) is 2. The highest BCUT2D eigenvalue weighted by Crippen LogP contribution is 2.34. The van der Waals surface area contributed by atoms with Crippen molar-refractivity contribution in [1.29, 1.82) is 0 Å². The van der Waals surface area contributed by atoms with Gasteiger partial charge in [0.05, 0.1) is 0 Å². The fraction of sp³-hybridized carbons (Fsp3) is 0.222. The van der Waals surface area contributed by atoms with Crippen molar-refractivity contribution in [3.63, 3.8) is 0 Å². The highest BCUT2D eigenvalue weighted by molar-refractivity contribution is 14.1. The molecule has 1 amide bonds. The number of rotatable bonds is 1. The van der Waals surface area contributed by atoms with E-state index >= 15 is 0 Å². The first-order chi connectivity index (χ1) is 6.66. The molecule has 2 rings (SSSR count). The van der Waals surface area contributed by atoms with Crippen LogP contribution in [0.5, 0.6) is 0 Å². The molecule has 0 bridgehead atoms. The Morgan fingerprint density at radius 1 is 1.50 bits per heavy atom. The summed E-state index contributed by atoms with van der Waals surface area (Å²) < 4.78 is 1.12. The van der Waals surface area contributed by atoms with Crippen LogP contribution in [-0.2, 0) is 4.79 Å². The van der Waals surface area contributed by atoms with Gasteiger partial charge < -0.3 is 10.4 Å². The Morgan fingerprint density at radius 3 is 2.86 bits per heavy atom. The molecule has 2 atom stereocenters. The van der Waals surface area contributed by atoms with Crippen molar-refractivity contribution >= 4 is 40.3 Å². The van der Waals surface area contributed by atoms with E-state index in [1.165, 1.54) is 11.8 Å². The molecule has 14 heavy (non-hydrogen) atoms. The second kappa shape index (κ2) is 4.08. The van der Waals surface area contributed by atoms with E-state index in [0.29, 0.717) is 0 Å². The van der Waals surface area contributed by atoms with Crippen LogP contribution in [0.4, 0.5) is 0 Å². The van der Waals surface area contributed by atoms with E-state index < -0.39 is 5.44 Å². The summed E-state index contributed by atoms with van der Waals surface area (Å²) in [6, 6.07) is 7.87. The molecular weight excluding hydrogens is 313 g/mol. The summed E-state index contributed by atoms with van der Waals surface area (Å²) in [4.78, 5) is 11.1. The minimum Gasteiger partial charge on any atom is -0.373 e. The van der Waals surface area contributed by atoms with Crippen LogP contribution >= 0.6 is 34.4 Å². The van der Waals surface area contributed by atoms with E-state index in [9.17, 15) is 9.90 Å². The molecule has 0 aromatic heterocycles. The maximum absolute atomic E-state index is 11.1. The molecule has 1 aliphatic rings. The van der Waals surface area contributed by atoms with Gasteiger partial charge in [0, 0.05) is 3.57 Å². The fourth-order valence-electron chi connectivity index (χ4n) is 1.26. The number of amides is 1. The van der Waals surface area contributed by atoms with Gasteiger partial charge in [0.1, 0.15) is 5.37 Å². The Kier molecular flexibility index (Phi) is 2.99. The van der Waals surface area contributed by atoms with E-state index in [1.54, 1.807) is 0 Å². The first-order valence-corrected chi connectivity index (χ1v) is 6.08. The van der Waals surface area contributed by atoms with Gasteiger partial charge in [0.2, 0.25) is 0 Å². The van der Waals surface area contributed by atoms with E-state index in [1.807, 2.05) is 24.3 Å². The molecule has 1 fully saturated rings. The zero-order valence-electron chi connectivity index (χ0n) is 7.11. The third-order valence-corrected chi connectivity index (χ3v) is 3.72. The van der Waals surface area contributed by atoms with Gasteiger partial charge in [-0.15, -0.1) is 0 Å². The number of halogens is 1. The quantitative estimate of drug-likeness (QED) is 0.770. The van der Waals surface area contributed by atoms with E-state index in [4.69, 9.17) is 0 Å². The number of aliphatic hydroxyl groups excluding tert-OH is 1. The molecule has 1 aliphatic heterocycles. The maximum atomic E-state index is 11.1. The van der Waals surface area contributed by atoms with Crippen molar-refractivity contribution in [2.45, 2.75) is 10.8 Å². The van der Waals surface area contributed by atoms with Crippen LogP contribution < -0.4 is 5.32 Å². The number of hydrogen-bond acceptors (Lipinski definition) is 3. The number of nitrogens with one attached hydrogen (secondary N) is 1. The van der Waals surface area contributed by atoms with E-state index in [2.05, 4.69) is 27.9 Å². The third-order valence-electron chi connectivity index (χ3n) is 1.91. The van der Waals surface area contributed by atoms with Crippen LogP contribution in [0.25, 0.3) is 0 Å².